The summed E-state index contributed by atoms with van der Waals surface area (Å²) < 4.78 is 0. The van der Waals surface area contributed by atoms with Crippen LogP contribution in [0.15, 0.2) is 18.3 Å². The molecule has 3 nitrogen and oxygen atoms in total. The molecule has 0 aliphatic heterocycles. The first-order valence-electron chi connectivity index (χ1n) is 5.88. The van der Waals surface area contributed by atoms with Crippen molar-refractivity contribution in [2.24, 2.45) is 5.92 Å². The molecule has 1 rings (SSSR count). The molecule has 0 radical (unpaired) electrons. The molecular formula is C13H22N2O. The first-order chi connectivity index (χ1) is 7.63. The van der Waals surface area contributed by atoms with Gasteiger partial charge in [0.2, 0.25) is 0 Å². The molecule has 0 aliphatic rings. The fraction of sp³-hybridized carbons (Fsp3) is 0.615. The molecule has 1 unspecified atom stereocenters. The van der Waals surface area contributed by atoms with Crippen LogP contribution in [-0.4, -0.2) is 22.7 Å². The lowest BCUT2D eigenvalue weighted by Crippen LogP contribution is -2.33. The molecule has 90 valence electrons. The predicted molar refractivity (Wildman–Crippen MR) is 66.1 cm³/mol. The van der Waals surface area contributed by atoms with Gasteiger partial charge in [-0.1, -0.05) is 19.9 Å². The Morgan fingerprint density at radius 3 is 2.75 bits per heavy atom. The van der Waals surface area contributed by atoms with Gasteiger partial charge in [-0.3, -0.25) is 4.98 Å². The maximum atomic E-state index is 9.24. The zero-order chi connectivity index (χ0) is 12.0. The quantitative estimate of drug-likeness (QED) is 0.772. The Morgan fingerprint density at radius 2 is 2.19 bits per heavy atom. The average molecular weight is 222 g/mol. The van der Waals surface area contributed by atoms with E-state index in [9.17, 15) is 5.11 Å². The summed E-state index contributed by atoms with van der Waals surface area (Å²) in [5, 5.41) is 12.6. The van der Waals surface area contributed by atoms with Crippen molar-refractivity contribution in [2.45, 2.75) is 39.8 Å². The first-order valence-corrected chi connectivity index (χ1v) is 5.88. The summed E-state index contributed by atoms with van der Waals surface area (Å²) in [5.74, 6) is 0.592. The van der Waals surface area contributed by atoms with Gasteiger partial charge in [0.05, 0.1) is 12.3 Å². The lowest BCUT2D eigenvalue weighted by molar-refractivity contribution is 0.223. The van der Waals surface area contributed by atoms with Gasteiger partial charge in [-0.25, -0.2) is 0 Å². The van der Waals surface area contributed by atoms with E-state index in [1.807, 2.05) is 6.07 Å². The third-order valence-corrected chi connectivity index (χ3v) is 2.65. The summed E-state index contributed by atoms with van der Waals surface area (Å²) in [7, 11) is 0. The van der Waals surface area contributed by atoms with E-state index in [1.165, 1.54) is 5.56 Å². The van der Waals surface area contributed by atoms with Crippen molar-refractivity contribution in [1.29, 1.82) is 0 Å². The van der Waals surface area contributed by atoms with Crippen molar-refractivity contribution in [3.8, 4) is 0 Å². The Labute approximate surface area is 97.9 Å². The number of aryl methyl sites for hydroxylation is 1. The second-order valence-corrected chi connectivity index (χ2v) is 4.66. The van der Waals surface area contributed by atoms with Crippen LogP contribution >= 0.6 is 0 Å². The minimum absolute atomic E-state index is 0.168. The van der Waals surface area contributed by atoms with Crippen molar-refractivity contribution >= 4 is 0 Å². The van der Waals surface area contributed by atoms with Gasteiger partial charge in [-0.15, -0.1) is 0 Å². The molecule has 1 aromatic rings. The number of aromatic nitrogens is 1. The second-order valence-electron chi connectivity index (χ2n) is 4.66. The smallest absolute Gasteiger partial charge is 0.0584 e. The van der Waals surface area contributed by atoms with E-state index in [1.54, 1.807) is 6.20 Å². The van der Waals surface area contributed by atoms with E-state index in [0.717, 1.165) is 18.7 Å². The molecule has 0 spiro atoms. The molecule has 0 fully saturated rings. The fourth-order valence-electron chi connectivity index (χ4n) is 1.74. The molecule has 1 aromatic heterocycles. The third kappa shape index (κ3) is 4.29. The topological polar surface area (TPSA) is 45.2 Å². The number of hydrogen-bond donors (Lipinski definition) is 2. The molecule has 0 saturated heterocycles. The largest absolute Gasteiger partial charge is 0.395 e. The lowest BCUT2D eigenvalue weighted by atomic mass is 10.0. The van der Waals surface area contributed by atoms with Crippen LogP contribution in [0.5, 0.6) is 0 Å². The Kier molecular flexibility index (Phi) is 5.43. The highest BCUT2D eigenvalue weighted by molar-refractivity contribution is 5.17. The van der Waals surface area contributed by atoms with Gasteiger partial charge in [0.1, 0.15) is 0 Å². The Balaban J connectivity index is 2.46. The van der Waals surface area contributed by atoms with Gasteiger partial charge >= 0.3 is 0 Å². The molecule has 0 saturated carbocycles. The minimum Gasteiger partial charge on any atom is -0.395 e. The second kappa shape index (κ2) is 6.61. The molecule has 16 heavy (non-hydrogen) atoms. The van der Waals surface area contributed by atoms with Crippen molar-refractivity contribution in [3.63, 3.8) is 0 Å². The minimum atomic E-state index is 0.168. The average Bonchev–Trinajstić information content (AvgIpc) is 2.25. The predicted octanol–water partition coefficient (Wildman–Crippen LogP) is 1.89. The molecule has 2 N–H and O–H groups in total. The van der Waals surface area contributed by atoms with Gasteiger partial charge in [0.15, 0.2) is 0 Å². The molecule has 1 atom stereocenters. The van der Waals surface area contributed by atoms with Crippen LogP contribution in [0.25, 0.3) is 0 Å². The van der Waals surface area contributed by atoms with Crippen LogP contribution in [0.3, 0.4) is 0 Å². The summed E-state index contributed by atoms with van der Waals surface area (Å²) in [6.07, 6.45) is 2.79. The third-order valence-electron chi connectivity index (χ3n) is 2.65. The van der Waals surface area contributed by atoms with Gasteiger partial charge in [-0.05, 0) is 30.9 Å². The van der Waals surface area contributed by atoms with Crippen LogP contribution in [0.2, 0.25) is 0 Å². The van der Waals surface area contributed by atoms with Crippen molar-refractivity contribution < 1.29 is 5.11 Å². The maximum absolute atomic E-state index is 9.24. The van der Waals surface area contributed by atoms with E-state index < -0.39 is 0 Å². The van der Waals surface area contributed by atoms with Gasteiger partial charge < -0.3 is 10.4 Å². The number of aliphatic hydroxyl groups is 1. The molecular weight excluding hydrogens is 200 g/mol. The first kappa shape index (κ1) is 13.1. The van der Waals surface area contributed by atoms with Crippen LogP contribution in [0, 0.1) is 12.8 Å². The molecule has 3 heteroatoms. The van der Waals surface area contributed by atoms with Gasteiger partial charge in [0.25, 0.3) is 0 Å². The Bertz CT molecular complexity index is 313. The lowest BCUT2D eigenvalue weighted by Gasteiger charge is -2.18. The fourth-order valence-corrected chi connectivity index (χ4v) is 1.74. The van der Waals surface area contributed by atoms with Crippen LogP contribution in [0.1, 0.15) is 31.5 Å². The zero-order valence-electron chi connectivity index (χ0n) is 10.4. The molecule has 0 aliphatic carbocycles. The molecule has 1 heterocycles. The van der Waals surface area contributed by atoms with Crippen LogP contribution in [0.4, 0.5) is 0 Å². The van der Waals surface area contributed by atoms with E-state index in [4.69, 9.17) is 0 Å². The maximum Gasteiger partial charge on any atom is 0.0584 e. The van der Waals surface area contributed by atoms with Crippen molar-refractivity contribution in [3.05, 3.63) is 29.6 Å². The SMILES string of the molecule is Cc1cccnc1CNC(CO)CC(C)C. The summed E-state index contributed by atoms with van der Waals surface area (Å²) in [6.45, 7) is 7.29. The molecule has 0 aromatic carbocycles. The van der Waals surface area contributed by atoms with E-state index >= 15 is 0 Å². The molecule has 0 bridgehead atoms. The van der Waals surface area contributed by atoms with E-state index in [0.29, 0.717) is 5.92 Å². The monoisotopic (exact) mass is 222 g/mol. The van der Waals surface area contributed by atoms with Crippen molar-refractivity contribution in [1.82, 2.24) is 10.3 Å². The number of rotatable bonds is 6. The van der Waals surface area contributed by atoms with E-state index in [-0.39, 0.29) is 12.6 Å². The number of hydrogen-bond acceptors (Lipinski definition) is 3. The highest BCUT2D eigenvalue weighted by Gasteiger charge is 2.09. The Morgan fingerprint density at radius 1 is 1.44 bits per heavy atom. The summed E-state index contributed by atoms with van der Waals surface area (Å²) in [6, 6.07) is 4.16. The number of nitrogens with zero attached hydrogens (tertiary/aromatic N) is 1. The summed E-state index contributed by atoms with van der Waals surface area (Å²) >= 11 is 0. The number of pyridine rings is 1. The van der Waals surface area contributed by atoms with Crippen LogP contribution < -0.4 is 5.32 Å². The Hall–Kier alpha value is -0.930. The number of nitrogens with one attached hydrogen (secondary N) is 1. The van der Waals surface area contributed by atoms with Crippen LogP contribution in [-0.2, 0) is 6.54 Å². The van der Waals surface area contributed by atoms with Crippen molar-refractivity contribution in [2.75, 3.05) is 6.61 Å². The molecule has 0 amide bonds. The standard InChI is InChI=1S/C13H22N2O/c1-10(2)7-12(9-16)15-8-13-11(3)5-4-6-14-13/h4-6,10,12,15-16H,7-9H2,1-3H3. The summed E-state index contributed by atoms with van der Waals surface area (Å²) in [4.78, 5) is 4.32. The highest BCUT2D eigenvalue weighted by Crippen LogP contribution is 2.07. The van der Waals surface area contributed by atoms with E-state index in [2.05, 4.69) is 37.1 Å². The van der Waals surface area contributed by atoms with Gasteiger partial charge in [-0.2, -0.15) is 0 Å². The van der Waals surface area contributed by atoms with Gasteiger partial charge in [0, 0.05) is 18.8 Å². The zero-order valence-corrected chi connectivity index (χ0v) is 10.4. The highest BCUT2D eigenvalue weighted by atomic mass is 16.3. The normalized spacial score (nSPS) is 13.1. The number of aliphatic hydroxyl groups excluding tert-OH is 1. The summed E-state index contributed by atoms with van der Waals surface area (Å²) in [5.41, 5.74) is 2.25.